The van der Waals surface area contributed by atoms with Gasteiger partial charge in [0.05, 0.1) is 0 Å². The van der Waals surface area contributed by atoms with Crippen molar-refractivity contribution >= 4 is 11.3 Å². The molecule has 1 heterocycles. The molecule has 2 nitrogen and oxygen atoms in total. The van der Waals surface area contributed by atoms with Gasteiger partial charge in [-0.05, 0) is 50.1 Å². The van der Waals surface area contributed by atoms with Gasteiger partial charge in [0.1, 0.15) is 11.9 Å². The van der Waals surface area contributed by atoms with E-state index in [9.17, 15) is 0 Å². The van der Waals surface area contributed by atoms with Crippen LogP contribution in [0, 0.1) is 20.8 Å². The predicted octanol–water partition coefficient (Wildman–Crippen LogP) is 3.75. The van der Waals surface area contributed by atoms with Crippen molar-refractivity contribution in [3.63, 3.8) is 0 Å². The highest BCUT2D eigenvalue weighted by atomic mass is 32.1. The van der Waals surface area contributed by atoms with Crippen molar-refractivity contribution in [2.75, 3.05) is 6.54 Å². The SMILES string of the molecule is Cc1ccc(C(CN)Oc2cccc(C)c2C)s1. The summed E-state index contributed by atoms with van der Waals surface area (Å²) in [5.74, 6) is 0.927. The normalized spacial score (nSPS) is 12.4. The van der Waals surface area contributed by atoms with Gasteiger partial charge in [-0.25, -0.2) is 0 Å². The Morgan fingerprint density at radius 2 is 1.94 bits per heavy atom. The lowest BCUT2D eigenvalue weighted by atomic mass is 10.1. The molecule has 0 aliphatic rings. The van der Waals surface area contributed by atoms with Crippen LogP contribution < -0.4 is 10.5 Å². The maximum absolute atomic E-state index is 6.06. The van der Waals surface area contributed by atoms with Crippen LogP contribution in [0.1, 0.15) is 27.0 Å². The van der Waals surface area contributed by atoms with E-state index < -0.39 is 0 Å². The number of hydrogen-bond donors (Lipinski definition) is 1. The van der Waals surface area contributed by atoms with E-state index in [-0.39, 0.29) is 6.10 Å². The van der Waals surface area contributed by atoms with E-state index in [1.165, 1.54) is 20.9 Å². The molecule has 0 fully saturated rings. The topological polar surface area (TPSA) is 35.2 Å². The van der Waals surface area contributed by atoms with Crippen molar-refractivity contribution in [1.82, 2.24) is 0 Å². The first kappa shape index (κ1) is 13.1. The fourth-order valence-corrected chi connectivity index (χ4v) is 2.77. The van der Waals surface area contributed by atoms with Crippen molar-refractivity contribution in [2.45, 2.75) is 26.9 Å². The van der Waals surface area contributed by atoms with Gasteiger partial charge in [0.2, 0.25) is 0 Å². The van der Waals surface area contributed by atoms with Gasteiger partial charge in [0.15, 0.2) is 0 Å². The first-order valence-corrected chi connectivity index (χ1v) is 6.92. The van der Waals surface area contributed by atoms with Crippen LogP contribution in [0.4, 0.5) is 0 Å². The Morgan fingerprint density at radius 3 is 2.56 bits per heavy atom. The molecule has 0 amide bonds. The molecule has 2 rings (SSSR count). The monoisotopic (exact) mass is 261 g/mol. The van der Waals surface area contributed by atoms with E-state index in [1.807, 2.05) is 12.1 Å². The summed E-state index contributed by atoms with van der Waals surface area (Å²) in [4.78, 5) is 2.48. The van der Waals surface area contributed by atoms with Crippen LogP contribution in [0.2, 0.25) is 0 Å². The first-order valence-electron chi connectivity index (χ1n) is 6.11. The lowest BCUT2D eigenvalue weighted by Gasteiger charge is -2.18. The van der Waals surface area contributed by atoms with Gasteiger partial charge in [-0.3, -0.25) is 0 Å². The Kier molecular flexibility index (Phi) is 4.04. The highest BCUT2D eigenvalue weighted by Gasteiger charge is 2.15. The Labute approximate surface area is 112 Å². The molecule has 1 unspecified atom stereocenters. The molecule has 1 aromatic carbocycles. The molecule has 0 saturated heterocycles. The van der Waals surface area contributed by atoms with E-state index in [0.29, 0.717) is 6.54 Å². The summed E-state index contributed by atoms with van der Waals surface area (Å²) in [5.41, 5.74) is 8.26. The van der Waals surface area contributed by atoms with Gasteiger partial charge in [-0.15, -0.1) is 11.3 Å². The summed E-state index contributed by atoms with van der Waals surface area (Å²) >= 11 is 1.74. The standard InChI is InChI=1S/C15H19NOS/c1-10-5-4-6-13(12(10)3)17-14(9-16)15-8-7-11(2)18-15/h4-8,14H,9,16H2,1-3H3. The molecular weight excluding hydrogens is 242 g/mol. The molecular formula is C15H19NOS. The minimum atomic E-state index is -0.0517. The van der Waals surface area contributed by atoms with Crippen LogP contribution in [0.25, 0.3) is 0 Å². The maximum Gasteiger partial charge on any atom is 0.145 e. The van der Waals surface area contributed by atoms with E-state index in [4.69, 9.17) is 10.5 Å². The van der Waals surface area contributed by atoms with Crippen molar-refractivity contribution in [3.05, 3.63) is 51.2 Å². The predicted molar refractivity (Wildman–Crippen MR) is 77.4 cm³/mol. The van der Waals surface area contributed by atoms with Crippen LogP contribution in [0.3, 0.4) is 0 Å². The Balaban J connectivity index is 2.23. The van der Waals surface area contributed by atoms with Crippen molar-refractivity contribution in [2.24, 2.45) is 5.73 Å². The van der Waals surface area contributed by atoms with Crippen molar-refractivity contribution in [1.29, 1.82) is 0 Å². The van der Waals surface area contributed by atoms with Gasteiger partial charge in [0.25, 0.3) is 0 Å². The number of rotatable bonds is 4. The third kappa shape index (κ3) is 2.74. The Morgan fingerprint density at radius 1 is 1.17 bits per heavy atom. The molecule has 0 saturated carbocycles. The summed E-state index contributed by atoms with van der Waals surface area (Å²) in [6.45, 7) is 6.76. The highest BCUT2D eigenvalue weighted by Crippen LogP contribution is 2.29. The second-order valence-electron chi connectivity index (χ2n) is 4.49. The number of hydrogen-bond acceptors (Lipinski definition) is 3. The fourth-order valence-electron chi connectivity index (χ4n) is 1.85. The number of aryl methyl sites for hydroxylation is 2. The summed E-state index contributed by atoms with van der Waals surface area (Å²) in [7, 11) is 0. The molecule has 0 spiro atoms. The number of benzene rings is 1. The Hall–Kier alpha value is -1.32. The van der Waals surface area contributed by atoms with Crippen LogP contribution in [-0.2, 0) is 0 Å². The molecule has 0 aliphatic heterocycles. The Bertz CT molecular complexity index is 533. The van der Waals surface area contributed by atoms with Crippen molar-refractivity contribution < 1.29 is 4.74 Å². The van der Waals surface area contributed by atoms with Crippen molar-refractivity contribution in [3.8, 4) is 5.75 Å². The fraction of sp³-hybridized carbons (Fsp3) is 0.333. The van der Waals surface area contributed by atoms with E-state index in [2.05, 4.69) is 39.0 Å². The number of ether oxygens (including phenoxy) is 1. The minimum Gasteiger partial charge on any atom is -0.483 e. The summed E-state index contributed by atoms with van der Waals surface area (Å²) in [6, 6.07) is 10.3. The van der Waals surface area contributed by atoms with Gasteiger partial charge in [-0.1, -0.05) is 12.1 Å². The molecule has 1 aromatic heterocycles. The van der Waals surface area contributed by atoms with E-state index in [0.717, 1.165) is 5.75 Å². The number of nitrogens with two attached hydrogens (primary N) is 1. The van der Waals surface area contributed by atoms with Gasteiger partial charge >= 0.3 is 0 Å². The minimum absolute atomic E-state index is 0.0517. The van der Waals surface area contributed by atoms with Crippen LogP contribution >= 0.6 is 11.3 Å². The molecule has 2 aromatic rings. The van der Waals surface area contributed by atoms with Gasteiger partial charge < -0.3 is 10.5 Å². The molecule has 1 atom stereocenters. The smallest absolute Gasteiger partial charge is 0.145 e. The molecule has 0 aliphatic carbocycles. The van der Waals surface area contributed by atoms with E-state index >= 15 is 0 Å². The lowest BCUT2D eigenvalue weighted by molar-refractivity contribution is 0.216. The maximum atomic E-state index is 6.06. The average Bonchev–Trinajstić information content (AvgIpc) is 2.78. The second-order valence-corrected chi connectivity index (χ2v) is 5.81. The molecule has 96 valence electrons. The average molecular weight is 261 g/mol. The van der Waals surface area contributed by atoms with Crippen LogP contribution in [0.5, 0.6) is 5.75 Å². The molecule has 3 heteroatoms. The quantitative estimate of drug-likeness (QED) is 0.909. The highest BCUT2D eigenvalue weighted by molar-refractivity contribution is 7.12. The zero-order valence-corrected chi connectivity index (χ0v) is 11.9. The zero-order valence-electron chi connectivity index (χ0n) is 11.1. The second kappa shape index (κ2) is 5.55. The molecule has 18 heavy (non-hydrogen) atoms. The van der Waals surface area contributed by atoms with Crippen LogP contribution in [-0.4, -0.2) is 6.54 Å². The zero-order chi connectivity index (χ0) is 13.1. The first-order chi connectivity index (χ1) is 8.61. The number of thiophene rings is 1. The summed E-state index contributed by atoms with van der Waals surface area (Å²) in [5, 5.41) is 0. The van der Waals surface area contributed by atoms with Crippen LogP contribution in [0.15, 0.2) is 30.3 Å². The molecule has 0 radical (unpaired) electrons. The largest absolute Gasteiger partial charge is 0.483 e. The third-order valence-electron chi connectivity index (χ3n) is 3.12. The van der Waals surface area contributed by atoms with Gasteiger partial charge in [-0.2, -0.15) is 0 Å². The summed E-state index contributed by atoms with van der Waals surface area (Å²) in [6.07, 6.45) is -0.0517. The third-order valence-corrected chi connectivity index (χ3v) is 4.21. The van der Waals surface area contributed by atoms with E-state index in [1.54, 1.807) is 11.3 Å². The molecule has 2 N–H and O–H groups in total. The summed E-state index contributed by atoms with van der Waals surface area (Å²) < 4.78 is 6.06. The van der Waals surface area contributed by atoms with Gasteiger partial charge in [0, 0.05) is 16.3 Å². The molecule has 0 bridgehead atoms. The lowest BCUT2D eigenvalue weighted by Crippen LogP contribution is -2.17.